The maximum atomic E-state index is 8.52. The molecule has 0 unspecified atom stereocenters. The van der Waals surface area contributed by atoms with E-state index < -0.39 is 52.0 Å². The summed E-state index contributed by atoms with van der Waals surface area (Å²) in [6.07, 6.45) is 0. The van der Waals surface area contributed by atoms with Crippen LogP contribution < -0.4 is 0 Å². The molecule has 0 amide bonds. The SMILES string of the molecule is O.O=S(=O)([O-])[O-].O=S(=O)([O-])[O-].O=S(=O)([O-])[O-].O=S(=O)([O-])[O-].O=S(=O)([O-])[O-].[Al+3].[Al+3].[Ca+2].[Ca+2]. The molecule has 0 atom stereocenters. The summed E-state index contributed by atoms with van der Waals surface area (Å²) in [7, 11) is -25.8. The Bertz CT molecular complexity index is 630. The molecule has 0 spiro atoms. The molecule has 168 valence electrons. The molecule has 0 aliphatic carbocycles. The van der Waals surface area contributed by atoms with Crippen LogP contribution in [0.25, 0.3) is 0 Å². The summed E-state index contributed by atoms with van der Waals surface area (Å²) >= 11 is 0. The predicted octanol–water partition coefficient (Wildman–Crippen LogP) is -9.04. The van der Waals surface area contributed by atoms with Crippen molar-refractivity contribution in [3.63, 3.8) is 0 Å². The van der Waals surface area contributed by atoms with Crippen LogP contribution in [0.1, 0.15) is 0 Å². The topological polar surface area (TPSA) is 433 Å². The van der Waals surface area contributed by atoms with Gasteiger partial charge in [-0.25, -0.2) is 0 Å². The molecule has 0 aromatic carbocycles. The summed E-state index contributed by atoms with van der Waals surface area (Å²) in [4.78, 5) is 0. The van der Waals surface area contributed by atoms with Crippen molar-refractivity contribution in [2.45, 2.75) is 0 Å². The normalized spacial score (nSPS) is 9.67. The zero-order chi connectivity index (χ0) is 22.5. The second kappa shape index (κ2) is 28.1. The largest absolute Gasteiger partial charge is 3.00 e. The zero-order valence-electron chi connectivity index (χ0n) is 13.3. The van der Waals surface area contributed by atoms with E-state index in [4.69, 9.17) is 87.6 Å². The van der Waals surface area contributed by atoms with Crippen molar-refractivity contribution in [1.82, 2.24) is 0 Å². The second-order valence-corrected chi connectivity index (χ2v) is 6.12. The Morgan fingerprint density at radius 2 is 0.300 bits per heavy atom. The summed E-state index contributed by atoms with van der Waals surface area (Å²) in [6, 6.07) is 0. The van der Waals surface area contributed by atoms with Crippen LogP contribution in [0.4, 0.5) is 0 Å². The molecule has 0 aromatic rings. The summed E-state index contributed by atoms with van der Waals surface area (Å²) in [5, 5.41) is 0. The van der Waals surface area contributed by atoms with Gasteiger partial charge in [0.15, 0.2) is 0 Å². The fraction of sp³-hybridized carbons (Fsp3) is 0. The molecule has 0 fully saturated rings. The molecule has 0 radical (unpaired) electrons. The zero-order valence-corrected chi connectivity index (χ0v) is 24.1. The van der Waals surface area contributed by atoms with Gasteiger partial charge in [-0.15, -0.1) is 0 Å². The van der Waals surface area contributed by atoms with Crippen LogP contribution in [-0.4, -0.2) is 203 Å². The van der Waals surface area contributed by atoms with Gasteiger partial charge in [0, 0.05) is 52.0 Å². The van der Waals surface area contributed by atoms with Crippen LogP contribution in [-0.2, 0) is 52.0 Å². The minimum Gasteiger partial charge on any atom is -0.759 e. The Balaban J connectivity index is -0.0000000200. The first-order valence-electron chi connectivity index (χ1n) is 3.33. The molecule has 2 N–H and O–H groups in total. The van der Waals surface area contributed by atoms with Crippen LogP contribution >= 0.6 is 0 Å². The smallest absolute Gasteiger partial charge is 0.759 e. The third-order valence-electron chi connectivity index (χ3n) is 0. The molecule has 0 rings (SSSR count). The second-order valence-electron chi connectivity index (χ2n) is 2.04. The quantitative estimate of drug-likeness (QED) is 0.136. The van der Waals surface area contributed by atoms with Crippen molar-refractivity contribution in [1.29, 1.82) is 0 Å². The maximum absolute atomic E-state index is 8.52. The van der Waals surface area contributed by atoms with Gasteiger partial charge < -0.3 is 51.0 Å². The molecule has 0 saturated carbocycles. The molecule has 0 bridgehead atoms. The summed E-state index contributed by atoms with van der Waals surface area (Å²) in [5.41, 5.74) is 0. The molecule has 0 aliphatic heterocycles. The van der Waals surface area contributed by atoms with Gasteiger partial charge in [-0.1, -0.05) is 0 Å². The van der Waals surface area contributed by atoms with E-state index >= 15 is 0 Å². The van der Waals surface area contributed by atoms with Gasteiger partial charge >= 0.3 is 110 Å². The molecule has 0 saturated heterocycles. The fourth-order valence-corrected chi connectivity index (χ4v) is 0. The third kappa shape index (κ3) is 3300. The molecule has 0 heterocycles. The van der Waals surface area contributed by atoms with E-state index in [0.717, 1.165) is 0 Å². The molecule has 30 heavy (non-hydrogen) atoms. The third-order valence-corrected chi connectivity index (χ3v) is 0. The minimum absolute atomic E-state index is 0. The Labute approximate surface area is 251 Å². The monoisotopic (exact) mass is 632 g/mol. The summed E-state index contributed by atoms with van der Waals surface area (Å²) in [5.74, 6) is 0. The Morgan fingerprint density at radius 1 is 0.300 bits per heavy atom. The average Bonchev–Trinajstić information content (AvgIpc) is 1.79. The first-order valence-corrected chi connectivity index (χ1v) is 10.0. The van der Waals surface area contributed by atoms with Crippen molar-refractivity contribution in [3.8, 4) is 0 Å². The van der Waals surface area contributed by atoms with Crippen molar-refractivity contribution in [3.05, 3.63) is 0 Å². The van der Waals surface area contributed by atoms with Crippen molar-refractivity contribution < 1.29 is 93.1 Å². The first kappa shape index (κ1) is 63.8. The molecular formula is H2Al2Ca2O21S5. The maximum Gasteiger partial charge on any atom is 3.00 e. The van der Waals surface area contributed by atoms with Crippen LogP contribution in [0, 0.1) is 0 Å². The fourth-order valence-electron chi connectivity index (χ4n) is 0. The van der Waals surface area contributed by atoms with Gasteiger partial charge in [-0.2, -0.15) is 0 Å². The van der Waals surface area contributed by atoms with E-state index in [1.54, 1.807) is 0 Å². The Morgan fingerprint density at radius 3 is 0.300 bits per heavy atom. The number of hydrogen-bond acceptors (Lipinski definition) is 20. The minimum atomic E-state index is -5.17. The molecule has 30 heteroatoms. The van der Waals surface area contributed by atoms with Gasteiger partial charge in [0.1, 0.15) is 0 Å². The number of rotatable bonds is 0. The predicted molar refractivity (Wildman–Crippen MR) is 79.0 cm³/mol. The van der Waals surface area contributed by atoms with E-state index in [9.17, 15) is 0 Å². The molecule has 0 aliphatic rings. The van der Waals surface area contributed by atoms with E-state index in [0.29, 0.717) is 0 Å². The van der Waals surface area contributed by atoms with Gasteiger partial charge in [0.05, 0.1) is 0 Å². The van der Waals surface area contributed by atoms with Gasteiger partial charge in [0.25, 0.3) is 0 Å². The van der Waals surface area contributed by atoms with Crippen LogP contribution in [0.15, 0.2) is 0 Å². The van der Waals surface area contributed by atoms with Crippen molar-refractivity contribution in [2.24, 2.45) is 0 Å². The first-order chi connectivity index (χ1) is 10.0. The summed E-state index contributed by atoms with van der Waals surface area (Å²) in [6.45, 7) is 0. The average molecular weight is 632 g/mol. The van der Waals surface area contributed by atoms with E-state index in [1.165, 1.54) is 0 Å². The summed E-state index contributed by atoms with van der Waals surface area (Å²) < 4.78 is 170. The molecule has 0 aromatic heterocycles. The van der Waals surface area contributed by atoms with Crippen LogP contribution in [0.3, 0.4) is 0 Å². The molecule has 21 nitrogen and oxygen atoms in total. The van der Waals surface area contributed by atoms with E-state index in [-0.39, 0.29) is 116 Å². The Kier molecular flexibility index (Phi) is 59.9. The van der Waals surface area contributed by atoms with Crippen molar-refractivity contribution in [2.75, 3.05) is 0 Å². The van der Waals surface area contributed by atoms with Gasteiger partial charge in [0.2, 0.25) is 0 Å². The van der Waals surface area contributed by atoms with E-state index in [1.807, 2.05) is 0 Å². The van der Waals surface area contributed by atoms with Crippen LogP contribution in [0.2, 0.25) is 0 Å². The van der Waals surface area contributed by atoms with Gasteiger partial charge in [-0.05, 0) is 0 Å². The standard InChI is InChI=1S/2Al.2Ca.5H2O4S.H2O/c;;;;5*1-5(2,3)4;/h;;;;5*(H2,1,2,3,4);1H2/q2*+3;2*+2;;;;;;/p-10. The molecular weight excluding hydrogens is 630 g/mol. The van der Waals surface area contributed by atoms with E-state index in [2.05, 4.69) is 0 Å². The number of hydrogen-bond donors (Lipinski definition) is 0. The van der Waals surface area contributed by atoms with Crippen molar-refractivity contribution >= 4 is 162 Å². The van der Waals surface area contributed by atoms with Gasteiger partial charge in [-0.3, -0.25) is 42.1 Å². The van der Waals surface area contributed by atoms with Crippen LogP contribution in [0.5, 0.6) is 0 Å². The Hall–Kier alpha value is 2.89.